The van der Waals surface area contributed by atoms with E-state index >= 15 is 0 Å². The summed E-state index contributed by atoms with van der Waals surface area (Å²) >= 11 is 0. The van der Waals surface area contributed by atoms with Crippen molar-refractivity contribution in [2.24, 2.45) is 0 Å². The summed E-state index contributed by atoms with van der Waals surface area (Å²) < 4.78 is 4.76. The molecule has 0 spiro atoms. The van der Waals surface area contributed by atoms with Crippen LogP contribution in [0.3, 0.4) is 0 Å². The first-order valence-corrected chi connectivity index (χ1v) is 17.6. The summed E-state index contributed by atoms with van der Waals surface area (Å²) in [5.74, 6) is 0. The van der Waals surface area contributed by atoms with Gasteiger partial charge in [0.05, 0.1) is 22.1 Å². The Morgan fingerprint density at radius 1 is 0.275 bits per heavy atom. The monoisotopic (exact) mass is 650 g/mol. The van der Waals surface area contributed by atoms with Crippen LogP contribution in [-0.4, -0.2) is 9.13 Å². The average Bonchev–Trinajstić information content (AvgIpc) is 3.71. The van der Waals surface area contributed by atoms with Gasteiger partial charge in [-0.25, -0.2) is 0 Å². The molecule has 0 unspecified atom stereocenters. The fraction of sp³-hybridized carbons (Fsp3) is 0.0204. The van der Waals surface area contributed by atoms with E-state index in [4.69, 9.17) is 0 Å². The van der Waals surface area contributed by atoms with Crippen molar-refractivity contribution in [3.63, 3.8) is 0 Å². The number of rotatable bonds is 5. The summed E-state index contributed by atoms with van der Waals surface area (Å²) in [7, 11) is 0. The quantitative estimate of drug-likeness (QED) is 0.175. The van der Waals surface area contributed by atoms with Crippen molar-refractivity contribution in [3.05, 3.63) is 194 Å². The van der Waals surface area contributed by atoms with Crippen molar-refractivity contribution in [1.82, 2.24) is 9.13 Å². The van der Waals surface area contributed by atoms with Crippen molar-refractivity contribution < 1.29 is 0 Å². The van der Waals surface area contributed by atoms with Gasteiger partial charge in [0.25, 0.3) is 0 Å². The molecule has 2 nitrogen and oxygen atoms in total. The zero-order valence-corrected chi connectivity index (χ0v) is 28.3. The van der Waals surface area contributed by atoms with Crippen LogP contribution in [0.2, 0.25) is 0 Å². The minimum atomic E-state index is 1.16. The standard InChI is InChI=1S/C49H34N2/c1-33-15-17-34(18-16-33)35-23-27-41(28-24-35)51-47-14-8-6-12-43(47)45-32-39(26-30-49(45)51)37-21-19-36(20-22-37)38-25-29-48-44(31-38)42-11-5-7-13-46(42)50(48)40-9-3-2-4-10-40/h2-32H,1H3. The molecule has 2 aromatic heterocycles. The van der Waals surface area contributed by atoms with Gasteiger partial charge in [0, 0.05) is 32.9 Å². The van der Waals surface area contributed by atoms with E-state index in [2.05, 4.69) is 204 Å². The molecule has 51 heavy (non-hydrogen) atoms. The molecule has 0 radical (unpaired) electrons. The highest BCUT2D eigenvalue weighted by molar-refractivity contribution is 6.11. The number of fused-ring (bicyclic) bond motifs is 6. The summed E-state index contributed by atoms with van der Waals surface area (Å²) in [6, 6.07) is 68.6. The van der Waals surface area contributed by atoms with Gasteiger partial charge in [-0.3, -0.25) is 0 Å². The maximum absolute atomic E-state index is 2.39. The highest BCUT2D eigenvalue weighted by atomic mass is 15.0. The molecule has 10 rings (SSSR count). The molecular formula is C49H34N2. The second-order valence-corrected chi connectivity index (χ2v) is 13.5. The minimum absolute atomic E-state index is 1.16. The lowest BCUT2D eigenvalue weighted by Crippen LogP contribution is -1.93. The summed E-state index contributed by atoms with van der Waals surface area (Å²) in [6.45, 7) is 2.13. The first-order valence-electron chi connectivity index (χ1n) is 17.6. The van der Waals surface area contributed by atoms with E-state index < -0.39 is 0 Å². The van der Waals surface area contributed by atoms with Gasteiger partial charge in [-0.1, -0.05) is 133 Å². The zero-order chi connectivity index (χ0) is 33.9. The Labute approximate surface area is 297 Å². The average molecular weight is 651 g/mol. The lowest BCUT2D eigenvalue weighted by atomic mass is 9.98. The second kappa shape index (κ2) is 11.8. The molecule has 0 amide bonds. The highest BCUT2D eigenvalue weighted by Crippen LogP contribution is 2.38. The number of para-hydroxylation sites is 3. The van der Waals surface area contributed by atoms with Crippen LogP contribution in [0.5, 0.6) is 0 Å². The Balaban J connectivity index is 1.01. The Morgan fingerprint density at radius 3 is 1.14 bits per heavy atom. The number of nitrogens with zero attached hydrogens (tertiary/aromatic N) is 2. The van der Waals surface area contributed by atoms with Gasteiger partial charge in [0.2, 0.25) is 0 Å². The van der Waals surface area contributed by atoms with Crippen LogP contribution < -0.4 is 0 Å². The van der Waals surface area contributed by atoms with Crippen LogP contribution in [-0.2, 0) is 0 Å². The molecule has 10 aromatic rings. The predicted molar refractivity (Wildman–Crippen MR) is 216 cm³/mol. The largest absolute Gasteiger partial charge is 0.309 e. The Morgan fingerprint density at radius 2 is 0.627 bits per heavy atom. The van der Waals surface area contributed by atoms with Gasteiger partial charge >= 0.3 is 0 Å². The first kappa shape index (κ1) is 29.3. The first-order chi connectivity index (χ1) is 25.2. The van der Waals surface area contributed by atoms with E-state index in [9.17, 15) is 0 Å². The molecule has 0 bridgehead atoms. The third-order valence-electron chi connectivity index (χ3n) is 10.4. The molecule has 2 heterocycles. The second-order valence-electron chi connectivity index (χ2n) is 13.5. The maximum Gasteiger partial charge on any atom is 0.0541 e. The fourth-order valence-corrected chi connectivity index (χ4v) is 7.84. The smallest absolute Gasteiger partial charge is 0.0541 e. The number of hydrogen-bond acceptors (Lipinski definition) is 0. The highest BCUT2D eigenvalue weighted by Gasteiger charge is 2.15. The molecule has 0 saturated carbocycles. The van der Waals surface area contributed by atoms with Gasteiger partial charge in [0.1, 0.15) is 0 Å². The normalized spacial score (nSPS) is 11.6. The van der Waals surface area contributed by atoms with Crippen molar-refractivity contribution >= 4 is 43.6 Å². The van der Waals surface area contributed by atoms with Gasteiger partial charge in [-0.15, -0.1) is 0 Å². The summed E-state index contributed by atoms with van der Waals surface area (Å²) in [4.78, 5) is 0. The topological polar surface area (TPSA) is 9.86 Å². The molecule has 0 atom stereocenters. The van der Waals surface area contributed by atoms with Gasteiger partial charge in [-0.05, 0) is 101 Å². The summed E-state index contributed by atoms with van der Waals surface area (Å²) in [5.41, 5.74) is 15.8. The number of aryl methyl sites for hydroxylation is 1. The van der Waals surface area contributed by atoms with Gasteiger partial charge < -0.3 is 9.13 Å². The van der Waals surface area contributed by atoms with Crippen molar-refractivity contribution in [1.29, 1.82) is 0 Å². The molecule has 240 valence electrons. The Kier molecular flexibility index (Phi) is 6.75. The molecule has 8 aromatic carbocycles. The predicted octanol–water partition coefficient (Wildman–Crippen LogP) is 13.2. The van der Waals surface area contributed by atoms with Crippen LogP contribution in [0.15, 0.2) is 188 Å². The fourth-order valence-electron chi connectivity index (χ4n) is 7.84. The third-order valence-corrected chi connectivity index (χ3v) is 10.4. The molecule has 0 fully saturated rings. The third kappa shape index (κ3) is 4.87. The van der Waals surface area contributed by atoms with Crippen molar-refractivity contribution in [2.45, 2.75) is 6.92 Å². The van der Waals surface area contributed by atoms with Crippen LogP contribution in [0.4, 0.5) is 0 Å². The number of hydrogen-bond donors (Lipinski definition) is 0. The van der Waals surface area contributed by atoms with Crippen LogP contribution in [0, 0.1) is 6.92 Å². The zero-order valence-electron chi connectivity index (χ0n) is 28.3. The SMILES string of the molecule is Cc1ccc(-c2ccc(-n3c4ccccc4c4cc(-c5ccc(-c6ccc7c(c6)c6ccccc6n7-c6ccccc6)cc5)ccc43)cc2)cc1. The van der Waals surface area contributed by atoms with E-state index in [0.29, 0.717) is 0 Å². The maximum atomic E-state index is 2.39. The van der Waals surface area contributed by atoms with Crippen molar-refractivity contribution in [2.75, 3.05) is 0 Å². The number of aromatic nitrogens is 2. The molecule has 0 aliphatic carbocycles. The molecular weight excluding hydrogens is 617 g/mol. The van der Waals surface area contributed by atoms with E-state index in [1.165, 1.54) is 88.2 Å². The van der Waals surface area contributed by atoms with Gasteiger partial charge in [-0.2, -0.15) is 0 Å². The molecule has 0 aliphatic heterocycles. The molecule has 0 aliphatic rings. The Bertz CT molecular complexity index is 2870. The molecule has 0 N–H and O–H groups in total. The molecule has 2 heteroatoms. The van der Waals surface area contributed by atoms with E-state index in [-0.39, 0.29) is 0 Å². The van der Waals surface area contributed by atoms with E-state index in [1.54, 1.807) is 0 Å². The van der Waals surface area contributed by atoms with E-state index in [0.717, 1.165) is 5.69 Å². The summed E-state index contributed by atoms with van der Waals surface area (Å²) in [5, 5.41) is 5.05. The lowest BCUT2D eigenvalue weighted by Gasteiger charge is -2.10. The van der Waals surface area contributed by atoms with Crippen molar-refractivity contribution in [3.8, 4) is 44.8 Å². The van der Waals surface area contributed by atoms with Crippen LogP contribution in [0.25, 0.3) is 88.4 Å². The Hall–Kier alpha value is -6.64. The number of benzene rings is 8. The van der Waals surface area contributed by atoms with Crippen LogP contribution in [0.1, 0.15) is 5.56 Å². The minimum Gasteiger partial charge on any atom is -0.309 e. The summed E-state index contributed by atoms with van der Waals surface area (Å²) in [6.07, 6.45) is 0. The van der Waals surface area contributed by atoms with Crippen LogP contribution >= 0.6 is 0 Å². The van der Waals surface area contributed by atoms with Gasteiger partial charge in [0.15, 0.2) is 0 Å². The molecule has 0 saturated heterocycles. The lowest BCUT2D eigenvalue weighted by molar-refractivity contribution is 1.18. The van der Waals surface area contributed by atoms with E-state index in [1.807, 2.05) is 0 Å².